The van der Waals surface area contributed by atoms with Gasteiger partial charge in [-0.05, 0) is 12.0 Å². The number of amides is 1. The lowest BCUT2D eigenvalue weighted by atomic mass is 10.1. The third-order valence-electron chi connectivity index (χ3n) is 2.07. The van der Waals surface area contributed by atoms with Gasteiger partial charge in [-0.3, -0.25) is 4.79 Å². The number of carbonyl (C=O) groups is 1. The molecular weight excluding hydrogens is 220 g/mol. The summed E-state index contributed by atoms with van der Waals surface area (Å²) in [7, 11) is 0. The van der Waals surface area contributed by atoms with Gasteiger partial charge in [0.25, 0.3) is 0 Å². The lowest BCUT2D eigenvalue weighted by molar-refractivity contribution is -0.118. The van der Waals surface area contributed by atoms with Gasteiger partial charge in [-0.15, -0.1) is 0 Å². The van der Waals surface area contributed by atoms with Crippen LogP contribution in [0.2, 0.25) is 0 Å². The van der Waals surface area contributed by atoms with E-state index in [1.54, 1.807) is 11.8 Å². The van der Waals surface area contributed by atoms with Gasteiger partial charge in [0.2, 0.25) is 5.91 Å². The smallest absolute Gasteiger partial charge is 0.230 e. The SMILES string of the molecule is NCCSCC(=O)NCCc1ccccc1. The Kier molecular flexibility index (Phi) is 6.69. The lowest BCUT2D eigenvalue weighted by Crippen LogP contribution is -2.27. The Bertz CT molecular complexity index is 303. The molecule has 1 rings (SSSR count). The van der Waals surface area contributed by atoms with Crippen LogP contribution in [0.25, 0.3) is 0 Å². The first-order chi connectivity index (χ1) is 7.83. The largest absolute Gasteiger partial charge is 0.355 e. The minimum absolute atomic E-state index is 0.0920. The van der Waals surface area contributed by atoms with E-state index in [2.05, 4.69) is 17.4 Å². The van der Waals surface area contributed by atoms with Gasteiger partial charge in [-0.1, -0.05) is 30.3 Å². The predicted octanol–water partition coefficient (Wildman–Crippen LogP) is 1.04. The highest BCUT2D eigenvalue weighted by Crippen LogP contribution is 1.99. The average Bonchev–Trinajstić information content (AvgIpc) is 2.31. The Morgan fingerprint density at radius 3 is 2.75 bits per heavy atom. The molecule has 88 valence electrons. The second-order valence-electron chi connectivity index (χ2n) is 3.43. The van der Waals surface area contributed by atoms with Crippen molar-refractivity contribution in [3.05, 3.63) is 35.9 Å². The summed E-state index contributed by atoms with van der Waals surface area (Å²) in [6.45, 7) is 1.33. The molecule has 0 fully saturated rings. The van der Waals surface area contributed by atoms with Crippen LogP contribution in [0.1, 0.15) is 5.56 Å². The number of benzene rings is 1. The molecule has 3 nitrogen and oxygen atoms in total. The Hall–Kier alpha value is -1.00. The molecule has 1 aromatic carbocycles. The minimum atomic E-state index is 0.0920. The van der Waals surface area contributed by atoms with Gasteiger partial charge in [0, 0.05) is 18.8 Å². The van der Waals surface area contributed by atoms with Crippen molar-refractivity contribution in [2.24, 2.45) is 5.73 Å². The molecule has 0 aliphatic heterocycles. The van der Waals surface area contributed by atoms with Crippen LogP contribution in [-0.4, -0.2) is 30.5 Å². The number of thioether (sulfide) groups is 1. The number of hydrogen-bond acceptors (Lipinski definition) is 3. The monoisotopic (exact) mass is 238 g/mol. The van der Waals surface area contributed by atoms with E-state index in [4.69, 9.17) is 5.73 Å². The highest BCUT2D eigenvalue weighted by Gasteiger charge is 2.00. The fourth-order valence-corrected chi connectivity index (χ4v) is 1.89. The van der Waals surface area contributed by atoms with Crippen molar-refractivity contribution in [1.82, 2.24) is 5.32 Å². The van der Waals surface area contributed by atoms with E-state index < -0.39 is 0 Å². The zero-order valence-corrected chi connectivity index (χ0v) is 10.1. The van der Waals surface area contributed by atoms with Gasteiger partial charge in [0.05, 0.1) is 5.75 Å². The fourth-order valence-electron chi connectivity index (χ4n) is 1.29. The Labute approximate surface area is 101 Å². The van der Waals surface area contributed by atoms with E-state index in [0.717, 1.165) is 12.2 Å². The fraction of sp³-hybridized carbons (Fsp3) is 0.417. The molecule has 1 amide bonds. The second kappa shape index (κ2) is 8.19. The van der Waals surface area contributed by atoms with E-state index in [9.17, 15) is 4.79 Å². The molecular formula is C12H18N2OS. The molecule has 0 aromatic heterocycles. The van der Waals surface area contributed by atoms with Crippen LogP contribution in [0, 0.1) is 0 Å². The topological polar surface area (TPSA) is 55.1 Å². The molecule has 0 aliphatic carbocycles. The first-order valence-electron chi connectivity index (χ1n) is 5.41. The summed E-state index contributed by atoms with van der Waals surface area (Å²) in [5.41, 5.74) is 6.59. The molecule has 0 spiro atoms. The third-order valence-corrected chi connectivity index (χ3v) is 3.06. The zero-order valence-electron chi connectivity index (χ0n) is 9.32. The molecule has 16 heavy (non-hydrogen) atoms. The van der Waals surface area contributed by atoms with Gasteiger partial charge in [0.15, 0.2) is 0 Å². The Morgan fingerprint density at radius 2 is 2.06 bits per heavy atom. The van der Waals surface area contributed by atoms with Crippen molar-refractivity contribution < 1.29 is 4.79 Å². The summed E-state index contributed by atoms with van der Waals surface area (Å²) in [5, 5.41) is 2.89. The molecule has 4 heteroatoms. The first kappa shape index (κ1) is 13.1. The number of nitrogens with one attached hydrogen (secondary N) is 1. The molecule has 0 saturated heterocycles. The molecule has 0 bridgehead atoms. The van der Waals surface area contributed by atoms with Crippen LogP contribution in [0.15, 0.2) is 30.3 Å². The summed E-state index contributed by atoms with van der Waals surface area (Å²) in [5.74, 6) is 1.44. The normalized spacial score (nSPS) is 10.1. The highest BCUT2D eigenvalue weighted by atomic mass is 32.2. The summed E-state index contributed by atoms with van der Waals surface area (Å²) in [6.07, 6.45) is 0.883. The lowest BCUT2D eigenvalue weighted by Gasteiger charge is -2.04. The van der Waals surface area contributed by atoms with Gasteiger partial charge in [-0.2, -0.15) is 11.8 Å². The van der Waals surface area contributed by atoms with Gasteiger partial charge in [-0.25, -0.2) is 0 Å². The maximum Gasteiger partial charge on any atom is 0.230 e. The summed E-state index contributed by atoms with van der Waals surface area (Å²) in [6, 6.07) is 10.1. The van der Waals surface area contributed by atoms with E-state index in [0.29, 0.717) is 18.8 Å². The maximum atomic E-state index is 11.3. The summed E-state index contributed by atoms with van der Waals surface area (Å²) >= 11 is 1.57. The van der Waals surface area contributed by atoms with Gasteiger partial charge < -0.3 is 11.1 Å². The standard InChI is InChI=1S/C12H18N2OS/c13-7-9-16-10-12(15)14-8-6-11-4-2-1-3-5-11/h1-5H,6-10,13H2,(H,14,15). The highest BCUT2D eigenvalue weighted by molar-refractivity contribution is 7.99. The number of hydrogen-bond donors (Lipinski definition) is 2. The number of nitrogens with two attached hydrogens (primary N) is 1. The van der Waals surface area contributed by atoms with Crippen LogP contribution in [0.4, 0.5) is 0 Å². The summed E-state index contributed by atoms with van der Waals surface area (Å²) < 4.78 is 0. The molecule has 1 aromatic rings. The molecule has 0 aliphatic rings. The van der Waals surface area contributed by atoms with Crippen molar-refractivity contribution in [2.75, 3.05) is 24.6 Å². The van der Waals surface area contributed by atoms with E-state index in [1.807, 2.05) is 18.2 Å². The van der Waals surface area contributed by atoms with Crippen molar-refractivity contribution in [2.45, 2.75) is 6.42 Å². The number of rotatable bonds is 7. The Balaban J connectivity index is 2.09. The molecule has 0 saturated carbocycles. The zero-order chi connectivity index (χ0) is 11.6. The van der Waals surface area contributed by atoms with Crippen molar-refractivity contribution in [1.29, 1.82) is 0 Å². The molecule has 0 heterocycles. The van der Waals surface area contributed by atoms with Crippen LogP contribution in [-0.2, 0) is 11.2 Å². The minimum Gasteiger partial charge on any atom is -0.355 e. The van der Waals surface area contributed by atoms with E-state index in [-0.39, 0.29) is 5.91 Å². The second-order valence-corrected chi connectivity index (χ2v) is 4.53. The quantitative estimate of drug-likeness (QED) is 0.698. The van der Waals surface area contributed by atoms with Crippen molar-refractivity contribution >= 4 is 17.7 Å². The molecule has 3 N–H and O–H groups in total. The van der Waals surface area contributed by atoms with Gasteiger partial charge in [0.1, 0.15) is 0 Å². The van der Waals surface area contributed by atoms with Crippen molar-refractivity contribution in [3.8, 4) is 0 Å². The molecule has 0 unspecified atom stereocenters. The van der Waals surface area contributed by atoms with Crippen LogP contribution >= 0.6 is 11.8 Å². The van der Waals surface area contributed by atoms with Crippen LogP contribution in [0.3, 0.4) is 0 Å². The maximum absolute atomic E-state index is 11.3. The number of carbonyl (C=O) groups excluding carboxylic acids is 1. The average molecular weight is 238 g/mol. The molecule has 0 radical (unpaired) electrons. The van der Waals surface area contributed by atoms with Crippen LogP contribution < -0.4 is 11.1 Å². The van der Waals surface area contributed by atoms with Gasteiger partial charge >= 0.3 is 0 Å². The third kappa shape index (κ3) is 5.78. The summed E-state index contributed by atoms with van der Waals surface area (Å²) in [4.78, 5) is 11.3. The predicted molar refractivity (Wildman–Crippen MR) is 69.5 cm³/mol. The van der Waals surface area contributed by atoms with Crippen LogP contribution in [0.5, 0.6) is 0 Å². The van der Waals surface area contributed by atoms with E-state index in [1.165, 1.54) is 5.56 Å². The first-order valence-corrected chi connectivity index (χ1v) is 6.57. The molecule has 0 atom stereocenters. The van der Waals surface area contributed by atoms with E-state index >= 15 is 0 Å². The Morgan fingerprint density at radius 1 is 1.31 bits per heavy atom. The van der Waals surface area contributed by atoms with Crippen molar-refractivity contribution in [3.63, 3.8) is 0 Å².